The molecule has 1 heterocycles. The number of aliphatic hydroxyl groups excluding tert-OH is 2. The van der Waals surface area contributed by atoms with Crippen molar-refractivity contribution in [3.05, 3.63) is 0 Å². The number of rotatable bonds is 9. The van der Waals surface area contributed by atoms with Gasteiger partial charge in [-0.05, 0) is 26.3 Å². The minimum atomic E-state index is -1.56. The van der Waals surface area contributed by atoms with Crippen molar-refractivity contribution in [3.63, 3.8) is 0 Å². The average Bonchev–Trinajstić information content (AvgIpc) is 3.09. The van der Waals surface area contributed by atoms with Gasteiger partial charge in [-0.25, -0.2) is 4.79 Å². The second-order valence-electron chi connectivity index (χ2n) is 5.73. The first-order valence-electron chi connectivity index (χ1n) is 7.88. The van der Waals surface area contributed by atoms with Gasteiger partial charge in [0.05, 0.1) is 25.3 Å². The highest BCUT2D eigenvalue weighted by atomic mass is 16.4. The van der Waals surface area contributed by atoms with Gasteiger partial charge in [0.25, 0.3) is 0 Å². The number of carbonyl (C=O) groups is 4. The van der Waals surface area contributed by atoms with E-state index >= 15 is 0 Å². The van der Waals surface area contributed by atoms with Crippen LogP contribution in [0.25, 0.3) is 0 Å². The number of aliphatic hydroxyl groups is 2. The molecule has 7 N–H and O–H groups in total. The molecule has 0 aliphatic carbocycles. The Hall–Kier alpha value is -2.24. The molecular formula is C14H24N4O7. The lowest BCUT2D eigenvalue weighted by atomic mass is 10.1. The summed E-state index contributed by atoms with van der Waals surface area (Å²) in [7, 11) is 0. The van der Waals surface area contributed by atoms with E-state index in [1.807, 2.05) is 5.32 Å². The first-order valence-corrected chi connectivity index (χ1v) is 7.88. The summed E-state index contributed by atoms with van der Waals surface area (Å²) in [5.74, 6) is -3.48. The fourth-order valence-corrected chi connectivity index (χ4v) is 2.28. The fraction of sp³-hybridized carbons (Fsp3) is 0.714. The molecule has 142 valence electrons. The minimum absolute atomic E-state index is 0.336. The van der Waals surface area contributed by atoms with E-state index in [-0.39, 0.29) is 11.9 Å². The average molecular weight is 360 g/mol. The normalized spacial score (nSPS) is 20.2. The third-order valence-electron chi connectivity index (χ3n) is 3.68. The molecule has 1 rings (SSSR count). The van der Waals surface area contributed by atoms with Crippen molar-refractivity contribution in [1.82, 2.24) is 21.3 Å². The van der Waals surface area contributed by atoms with E-state index in [0.29, 0.717) is 6.42 Å². The van der Waals surface area contributed by atoms with Crippen molar-refractivity contribution in [2.45, 2.75) is 44.0 Å². The summed E-state index contributed by atoms with van der Waals surface area (Å²) in [6, 6.07) is -3.34. The lowest BCUT2D eigenvalue weighted by Crippen LogP contribution is -2.57. The smallest absolute Gasteiger partial charge is 0.328 e. The van der Waals surface area contributed by atoms with Gasteiger partial charge in [-0.1, -0.05) is 0 Å². The standard InChI is InChI=1S/C14H24N4O7/c1-7(20)11(13(23)17-9(6-19)14(24)25)18-10(21)5-16-12(22)8-3-2-4-15-8/h7-9,11,15,19-20H,2-6H2,1H3,(H,16,22)(H,17,23)(H,18,21)(H,24,25). The summed E-state index contributed by atoms with van der Waals surface area (Å²) in [6.45, 7) is 0.728. The molecular weight excluding hydrogens is 336 g/mol. The molecule has 0 bridgehead atoms. The molecule has 1 saturated heterocycles. The number of carboxylic acids is 1. The number of hydrogen-bond acceptors (Lipinski definition) is 7. The Morgan fingerprint density at radius 2 is 1.92 bits per heavy atom. The molecule has 0 saturated carbocycles. The first kappa shape index (κ1) is 20.8. The highest BCUT2D eigenvalue weighted by molar-refractivity contribution is 5.92. The van der Waals surface area contributed by atoms with Crippen LogP contribution in [0.15, 0.2) is 0 Å². The number of aliphatic carboxylic acids is 1. The summed E-state index contributed by atoms with van der Waals surface area (Å²) in [4.78, 5) is 46.4. The lowest BCUT2D eigenvalue weighted by molar-refractivity contribution is -0.144. The summed E-state index contributed by atoms with van der Waals surface area (Å²) in [5, 5.41) is 36.9. The van der Waals surface area contributed by atoms with Gasteiger partial charge in [0, 0.05) is 0 Å². The zero-order valence-electron chi connectivity index (χ0n) is 13.8. The number of hydrogen-bond donors (Lipinski definition) is 7. The first-order chi connectivity index (χ1) is 11.8. The van der Waals surface area contributed by atoms with Crippen LogP contribution in [0.3, 0.4) is 0 Å². The Labute approximate surface area is 144 Å². The second kappa shape index (κ2) is 9.91. The van der Waals surface area contributed by atoms with E-state index in [1.165, 1.54) is 6.92 Å². The van der Waals surface area contributed by atoms with Gasteiger partial charge in [0.2, 0.25) is 17.7 Å². The van der Waals surface area contributed by atoms with Gasteiger partial charge in [-0.3, -0.25) is 14.4 Å². The van der Waals surface area contributed by atoms with Crippen LogP contribution in [-0.4, -0.2) is 82.9 Å². The topological polar surface area (TPSA) is 177 Å². The van der Waals surface area contributed by atoms with Crippen LogP contribution < -0.4 is 21.3 Å². The van der Waals surface area contributed by atoms with Crippen molar-refractivity contribution in [2.75, 3.05) is 19.7 Å². The monoisotopic (exact) mass is 360 g/mol. The summed E-state index contributed by atoms with van der Waals surface area (Å²) in [5.41, 5.74) is 0. The molecule has 25 heavy (non-hydrogen) atoms. The highest BCUT2D eigenvalue weighted by Gasteiger charge is 2.29. The van der Waals surface area contributed by atoms with Crippen molar-refractivity contribution < 1.29 is 34.5 Å². The molecule has 0 spiro atoms. The molecule has 0 radical (unpaired) electrons. The molecule has 4 unspecified atom stereocenters. The molecule has 11 heteroatoms. The Kier molecular flexibility index (Phi) is 8.25. The summed E-state index contributed by atoms with van der Waals surface area (Å²) in [6.07, 6.45) is 0.220. The largest absolute Gasteiger partial charge is 0.480 e. The van der Waals surface area contributed by atoms with E-state index in [1.54, 1.807) is 0 Å². The van der Waals surface area contributed by atoms with Crippen molar-refractivity contribution in [3.8, 4) is 0 Å². The molecule has 4 atom stereocenters. The van der Waals surface area contributed by atoms with Crippen LogP contribution in [-0.2, 0) is 19.2 Å². The number of carbonyl (C=O) groups excluding carboxylic acids is 3. The number of nitrogens with one attached hydrogen (secondary N) is 4. The van der Waals surface area contributed by atoms with Gasteiger partial charge >= 0.3 is 5.97 Å². The van der Waals surface area contributed by atoms with Crippen molar-refractivity contribution in [2.24, 2.45) is 0 Å². The van der Waals surface area contributed by atoms with Crippen molar-refractivity contribution in [1.29, 1.82) is 0 Å². The molecule has 1 aliphatic heterocycles. The molecule has 11 nitrogen and oxygen atoms in total. The van der Waals surface area contributed by atoms with Crippen molar-refractivity contribution >= 4 is 23.7 Å². The van der Waals surface area contributed by atoms with Crippen LogP contribution in [0.1, 0.15) is 19.8 Å². The van der Waals surface area contributed by atoms with E-state index < -0.39 is 49.1 Å². The Bertz CT molecular complexity index is 505. The molecule has 1 fully saturated rings. The van der Waals surface area contributed by atoms with Gasteiger partial charge in [0.1, 0.15) is 12.1 Å². The predicted molar refractivity (Wildman–Crippen MR) is 84.3 cm³/mol. The zero-order valence-corrected chi connectivity index (χ0v) is 13.8. The quantitative estimate of drug-likeness (QED) is 0.219. The summed E-state index contributed by atoms with van der Waals surface area (Å²) < 4.78 is 0. The van der Waals surface area contributed by atoms with E-state index in [2.05, 4.69) is 16.0 Å². The predicted octanol–water partition coefficient (Wildman–Crippen LogP) is -3.72. The Balaban J connectivity index is 2.52. The number of amides is 3. The maximum atomic E-state index is 12.0. The van der Waals surface area contributed by atoms with E-state index in [9.17, 15) is 24.3 Å². The summed E-state index contributed by atoms with van der Waals surface area (Å²) >= 11 is 0. The van der Waals surface area contributed by atoms with Crippen LogP contribution in [0, 0.1) is 0 Å². The molecule has 0 aromatic carbocycles. The minimum Gasteiger partial charge on any atom is -0.480 e. The Morgan fingerprint density at radius 3 is 2.40 bits per heavy atom. The SMILES string of the molecule is CC(O)C(NC(=O)CNC(=O)C1CCCN1)C(=O)NC(CO)C(=O)O. The number of carboxylic acid groups (broad SMARTS) is 1. The maximum Gasteiger partial charge on any atom is 0.328 e. The van der Waals surface area contributed by atoms with Gasteiger partial charge < -0.3 is 36.6 Å². The zero-order chi connectivity index (χ0) is 19.0. The van der Waals surface area contributed by atoms with E-state index in [0.717, 1.165) is 13.0 Å². The molecule has 0 aromatic heterocycles. The molecule has 1 aliphatic rings. The van der Waals surface area contributed by atoms with E-state index in [4.69, 9.17) is 10.2 Å². The Morgan fingerprint density at radius 1 is 1.24 bits per heavy atom. The second-order valence-corrected chi connectivity index (χ2v) is 5.73. The third-order valence-corrected chi connectivity index (χ3v) is 3.68. The van der Waals surface area contributed by atoms with Crippen LogP contribution >= 0.6 is 0 Å². The van der Waals surface area contributed by atoms with Crippen LogP contribution in [0.5, 0.6) is 0 Å². The van der Waals surface area contributed by atoms with Gasteiger partial charge in [0.15, 0.2) is 0 Å². The fourth-order valence-electron chi connectivity index (χ4n) is 2.28. The van der Waals surface area contributed by atoms with Gasteiger partial charge in [-0.2, -0.15) is 0 Å². The highest BCUT2D eigenvalue weighted by Crippen LogP contribution is 2.04. The molecule has 3 amide bonds. The van der Waals surface area contributed by atoms with Crippen LogP contribution in [0.2, 0.25) is 0 Å². The molecule has 0 aromatic rings. The van der Waals surface area contributed by atoms with Crippen LogP contribution in [0.4, 0.5) is 0 Å². The van der Waals surface area contributed by atoms with Gasteiger partial charge in [-0.15, -0.1) is 0 Å². The lowest BCUT2D eigenvalue weighted by Gasteiger charge is -2.23. The third kappa shape index (κ3) is 6.64. The maximum absolute atomic E-state index is 12.0.